The van der Waals surface area contributed by atoms with E-state index in [0.29, 0.717) is 24.3 Å². The largest absolute Gasteiger partial charge is 0.772 e. The van der Waals surface area contributed by atoms with Crippen molar-refractivity contribution in [2.45, 2.75) is 32.9 Å². The molecule has 7 unspecified atom stereocenters. The van der Waals surface area contributed by atoms with Crippen LogP contribution in [0.4, 0.5) is 0 Å². The van der Waals surface area contributed by atoms with E-state index in [0.717, 1.165) is 0 Å². The first-order valence-electron chi connectivity index (χ1n) is 5.69. The van der Waals surface area contributed by atoms with E-state index in [1.54, 1.807) is 0 Å². The van der Waals surface area contributed by atoms with Gasteiger partial charge in [0.15, 0.2) is 0 Å². The summed E-state index contributed by atoms with van der Waals surface area (Å²) in [4.78, 5) is 0. The Morgan fingerprint density at radius 3 is 2.00 bits per heavy atom. The molecule has 0 radical (unpaired) electrons. The molecule has 1 aliphatic carbocycles. The van der Waals surface area contributed by atoms with E-state index in [1.807, 2.05) is 13.8 Å². The van der Waals surface area contributed by atoms with Crippen LogP contribution in [0.15, 0.2) is 0 Å². The average Bonchev–Trinajstić information content (AvgIpc) is 2.15. The monoisotopic (exact) mass is 232 g/mol. The zero-order chi connectivity index (χ0) is 11.7. The first kappa shape index (κ1) is 13.1. The molecule has 1 aliphatic rings. The van der Waals surface area contributed by atoms with Crippen LogP contribution in [0.5, 0.6) is 0 Å². The summed E-state index contributed by atoms with van der Waals surface area (Å²) < 4.78 is 22.5. The number of hydrogen-bond acceptors (Lipinski definition) is 3. The van der Waals surface area contributed by atoms with Gasteiger partial charge in [-0.05, 0) is 36.1 Å². The van der Waals surface area contributed by atoms with Crippen molar-refractivity contribution >= 4 is 11.1 Å². The maximum absolute atomic E-state index is 11.2. The molecule has 90 valence electrons. The molecule has 2 N–H and O–H groups in total. The van der Waals surface area contributed by atoms with Gasteiger partial charge in [-0.1, -0.05) is 38.8 Å². The predicted molar refractivity (Wildman–Crippen MR) is 61.9 cm³/mol. The summed E-state index contributed by atoms with van der Waals surface area (Å²) in [5.74, 6) is 1.68. The van der Waals surface area contributed by atoms with Gasteiger partial charge in [0.05, 0.1) is 0 Å². The van der Waals surface area contributed by atoms with Gasteiger partial charge in [-0.3, -0.25) is 4.21 Å². The smallest absolute Gasteiger partial charge is 0.0272 e. The van der Waals surface area contributed by atoms with Gasteiger partial charge < -0.3 is 10.3 Å². The first-order chi connectivity index (χ1) is 6.91. The van der Waals surface area contributed by atoms with Gasteiger partial charge in [0.1, 0.15) is 0 Å². The van der Waals surface area contributed by atoms with Crippen molar-refractivity contribution in [1.82, 2.24) is 0 Å². The first-order valence-corrected chi connectivity index (χ1v) is 6.83. The summed E-state index contributed by atoms with van der Waals surface area (Å²) in [7, 11) is 0. The van der Waals surface area contributed by atoms with Crippen LogP contribution in [0.25, 0.3) is 0 Å². The molecule has 0 amide bonds. The third-order valence-corrected chi connectivity index (χ3v) is 5.84. The third-order valence-electron chi connectivity index (χ3n) is 4.54. The Bertz CT molecular complexity index is 247. The van der Waals surface area contributed by atoms with E-state index in [9.17, 15) is 8.76 Å². The van der Waals surface area contributed by atoms with Gasteiger partial charge in [-0.25, -0.2) is 0 Å². The fourth-order valence-corrected chi connectivity index (χ4v) is 4.30. The van der Waals surface area contributed by atoms with E-state index < -0.39 is 11.1 Å². The maximum Gasteiger partial charge on any atom is 0.0272 e. The Morgan fingerprint density at radius 1 is 1.07 bits per heavy atom. The van der Waals surface area contributed by atoms with Crippen molar-refractivity contribution in [3.8, 4) is 0 Å². The molecule has 15 heavy (non-hydrogen) atoms. The summed E-state index contributed by atoms with van der Waals surface area (Å²) in [5.41, 5.74) is 5.75. The molecule has 0 aromatic carbocycles. The van der Waals surface area contributed by atoms with Gasteiger partial charge in [-0.2, -0.15) is 0 Å². The van der Waals surface area contributed by atoms with Gasteiger partial charge in [-0.15, -0.1) is 0 Å². The SMILES string of the molecule is CC1C(C)C(CN)C(C)C(S(=O)[O-])C1C. The molecule has 0 aliphatic heterocycles. The second-order valence-corrected chi connectivity index (χ2v) is 6.13. The van der Waals surface area contributed by atoms with Gasteiger partial charge in [0.2, 0.25) is 0 Å². The molecule has 0 saturated heterocycles. The van der Waals surface area contributed by atoms with Crippen molar-refractivity contribution in [2.24, 2.45) is 35.3 Å². The molecule has 1 fully saturated rings. The van der Waals surface area contributed by atoms with Crippen molar-refractivity contribution in [3.63, 3.8) is 0 Å². The highest BCUT2D eigenvalue weighted by Crippen LogP contribution is 2.43. The highest BCUT2D eigenvalue weighted by atomic mass is 32.2. The minimum Gasteiger partial charge on any atom is -0.772 e. The summed E-state index contributed by atoms with van der Waals surface area (Å²) in [6.07, 6.45) is 0. The van der Waals surface area contributed by atoms with Crippen LogP contribution in [0, 0.1) is 29.6 Å². The molecule has 1 rings (SSSR count). The minimum absolute atomic E-state index is 0.175. The standard InChI is InChI=1S/C11H23NO2S/c1-6-7(2)10(5-12)9(4)11(8(6)3)15(13)14/h6-11H,5,12H2,1-4H3,(H,13,14)/p-1. The van der Waals surface area contributed by atoms with Crippen molar-refractivity contribution in [3.05, 3.63) is 0 Å². The normalized spacial score (nSPS) is 48.9. The van der Waals surface area contributed by atoms with Crippen LogP contribution in [-0.2, 0) is 11.1 Å². The third kappa shape index (κ3) is 2.27. The number of hydrogen-bond donors (Lipinski definition) is 1. The Balaban J connectivity index is 2.95. The quantitative estimate of drug-likeness (QED) is 0.731. The van der Waals surface area contributed by atoms with Crippen molar-refractivity contribution < 1.29 is 8.76 Å². The second kappa shape index (κ2) is 4.93. The Morgan fingerprint density at radius 2 is 1.60 bits per heavy atom. The van der Waals surface area contributed by atoms with Crippen LogP contribution in [0.3, 0.4) is 0 Å². The lowest BCUT2D eigenvalue weighted by molar-refractivity contribution is 0.0820. The summed E-state index contributed by atoms with van der Waals surface area (Å²) in [6, 6.07) is 0. The lowest BCUT2D eigenvalue weighted by Crippen LogP contribution is -2.49. The Labute approximate surface area is 95.1 Å². The highest BCUT2D eigenvalue weighted by molar-refractivity contribution is 7.79. The highest BCUT2D eigenvalue weighted by Gasteiger charge is 2.42. The van der Waals surface area contributed by atoms with E-state index in [1.165, 1.54) is 0 Å². The molecule has 3 nitrogen and oxygen atoms in total. The molecule has 0 spiro atoms. The van der Waals surface area contributed by atoms with Gasteiger partial charge in [0.25, 0.3) is 0 Å². The molecule has 0 bridgehead atoms. The van der Waals surface area contributed by atoms with Crippen LogP contribution in [0.1, 0.15) is 27.7 Å². The average molecular weight is 232 g/mol. The van der Waals surface area contributed by atoms with Crippen LogP contribution in [-0.4, -0.2) is 20.6 Å². The number of nitrogens with two attached hydrogens (primary N) is 1. The molecule has 0 heterocycles. The van der Waals surface area contributed by atoms with E-state index in [-0.39, 0.29) is 17.1 Å². The zero-order valence-corrected chi connectivity index (χ0v) is 10.8. The summed E-state index contributed by atoms with van der Waals surface area (Å²) in [6.45, 7) is 9.00. The van der Waals surface area contributed by atoms with E-state index in [2.05, 4.69) is 13.8 Å². The molecular weight excluding hydrogens is 210 g/mol. The minimum atomic E-state index is -1.98. The molecule has 1 saturated carbocycles. The molecule has 7 atom stereocenters. The maximum atomic E-state index is 11.2. The fraction of sp³-hybridized carbons (Fsp3) is 1.00. The van der Waals surface area contributed by atoms with Crippen LogP contribution >= 0.6 is 0 Å². The predicted octanol–water partition coefficient (Wildman–Crippen LogP) is 1.37. The summed E-state index contributed by atoms with van der Waals surface area (Å²) in [5, 5.41) is -0.232. The van der Waals surface area contributed by atoms with Crippen molar-refractivity contribution in [1.29, 1.82) is 0 Å². The van der Waals surface area contributed by atoms with Crippen LogP contribution in [0.2, 0.25) is 0 Å². The van der Waals surface area contributed by atoms with Crippen molar-refractivity contribution in [2.75, 3.05) is 6.54 Å². The Hall–Kier alpha value is 0.0700. The van der Waals surface area contributed by atoms with E-state index in [4.69, 9.17) is 5.73 Å². The molecule has 0 aromatic rings. The second-order valence-electron chi connectivity index (χ2n) is 5.06. The fourth-order valence-electron chi connectivity index (χ4n) is 3.15. The topological polar surface area (TPSA) is 66.2 Å². The van der Waals surface area contributed by atoms with Crippen LogP contribution < -0.4 is 5.73 Å². The molecule has 4 heteroatoms. The lowest BCUT2D eigenvalue weighted by atomic mass is 9.64. The van der Waals surface area contributed by atoms with Gasteiger partial charge >= 0.3 is 0 Å². The van der Waals surface area contributed by atoms with E-state index >= 15 is 0 Å². The lowest BCUT2D eigenvalue weighted by Gasteiger charge is -2.48. The molecular formula is C11H22NO2S-. The number of rotatable bonds is 2. The Kier molecular flexibility index (Phi) is 4.32. The zero-order valence-electron chi connectivity index (χ0n) is 9.97. The van der Waals surface area contributed by atoms with Gasteiger partial charge in [0, 0.05) is 5.25 Å². The molecule has 0 aromatic heterocycles. The summed E-state index contributed by atoms with van der Waals surface area (Å²) >= 11 is -1.98.